The van der Waals surface area contributed by atoms with Gasteiger partial charge < -0.3 is 5.73 Å². The van der Waals surface area contributed by atoms with Crippen molar-refractivity contribution in [3.63, 3.8) is 0 Å². The fourth-order valence-corrected chi connectivity index (χ4v) is 2.76. The number of rotatable bonds is 2. The minimum atomic E-state index is -0.390. The van der Waals surface area contributed by atoms with Gasteiger partial charge in [-0.25, -0.2) is 9.37 Å². The second-order valence-corrected chi connectivity index (χ2v) is 5.49. The van der Waals surface area contributed by atoms with Crippen LogP contribution in [-0.4, -0.2) is 4.98 Å². The molecule has 0 unspecified atom stereocenters. The van der Waals surface area contributed by atoms with E-state index in [0.717, 1.165) is 0 Å². The molecule has 0 atom stereocenters. The molecular formula is C11H7BrClFN2S. The van der Waals surface area contributed by atoms with Gasteiger partial charge in [0.15, 0.2) is 0 Å². The summed E-state index contributed by atoms with van der Waals surface area (Å²) in [6.45, 7) is 0. The van der Waals surface area contributed by atoms with Crippen molar-refractivity contribution in [3.8, 4) is 0 Å². The van der Waals surface area contributed by atoms with Crippen molar-refractivity contribution >= 4 is 45.0 Å². The summed E-state index contributed by atoms with van der Waals surface area (Å²) in [6.07, 6.45) is 1.64. The van der Waals surface area contributed by atoms with E-state index in [-0.39, 0.29) is 5.82 Å². The zero-order valence-electron chi connectivity index (χ0n) is 8.45. The number of nitrogens with zero attached hydrogens (tertiary/aromatic N) is 1. The van der Waals surface area contributed by atoms with Gasteiger partial charge in [-0.2, -0.15) is 0 Å². The Kier molecular flexibility index (Phi) is 3.91. The van der Waals surface area contributed by atoms with Crippen molar-refractivity contribution in [1.29, 1.82) is 0 Å². The molecule has 1 aromatic carbocycles. The van der Waals surface area contributed by atoms with Crippen LogP contribution in [0.25, 0.3) is 0 Å². The fraction of sp³-hybridized carbons (Fsp3) is 0. The molecule has 0 amide bonds. The molecule has 0 spiro atoms. The summed E-state index contributed by atoms with van der Waals surface area (Å²) < 4.78 is 13.6. The van der Waals surface area contributed by atoms with Crippen LogP contribution in [0.1, 0.15) is 0 Å². The molecular weight excluding hydrogens is 327 g/mol. The highest BCUT2D eigenvalue weighted by atomic mass is 79.9. The van der Waals surface area contributed by atoms with Gasteiger partial charge in [0.25, 0.3) is 0 Å². The molecule has 0 aliphatic heterocycles. The predicted octanol–water partition coefficient (Wildman–Crippen LogP) is 4.37. The maximum absolute atomic E-state index is 13.2. The largest absolute Gasteiger partial charge is 0.398 e. The Balaban J connectivity index is 2.37. The van der Waals surface area contributed by atoms with Crippen LogP contribution in [0.4, 0.5) is 10.1 Å². The van der Waals surface area contributed by atoms with E-state index in [2.05, 4.69) is 20.9 Å². The van der Waals surface area contributed by atoms with Gasteiger partial charge in [-0.15, -0.1) is 0 Å². The second-order valence-electron chi connectivity index (χ2n) is 3.20. The summed E-state index contributed by atoms with van der Waals surface area (Å²) in [7, 11) is 0. The average molecular weight is 334 g/mol. The molecule has 17 heavy (non-hydrogen) atoms. The van der Waals surface area contributed by atoms with Gasteiger partial charge in [0.05, 0.1) is 9.50 Å². The van der Waals surface area contributed by atoms with Gasteiger partial charge in [-0.05, 0) is 40.2 Å². The molecule has 2 rings (SSSR count). The highest BCUT2D eigenvalue weighted by molar-refractivity contribution is 9.10. The number of halogens is 3. The first-order valence-corrected chi connectivity index (χ1v) is 6.59. The van der Waals surface area contributed by atoms with E-state index in [9.17, 15) is 4.39 Å². The van der Waals surface area contributed by atoms with Gasteiger partial charge in [0.2, 0.25) is 0 Å². The van der Waals surface area contributed by atoms with Gasteiger partial charge in [-0.3, -0.25) is 0 Å². The van der Waals surface area contributed by atoms with Crippen molar-refractivity contribution in [3.05, 3.63) is 45.8 Å². The number of nitrogen functional groups attached to an aromatic ring is 1. The van der Waals surface area contributed by atoms with Crippen molar-refractivity contribution in [2.45, 2.75) is 9.92 Å². The Morgan fingerprint density at radius 3 is 2.88 bits per heavy atom. The lowest BCUT2D eigenvalue weighted by atomic mass is 10.3. The summed E-state index contributed by atoms with van der Waals surface area (Å²) in [6, 6.07) is 6.37. The van der Waals surface area contributed by atoms with Gasteiger partial charge in [0, 0.05) is 16.8 Å². The molecule has 0 aliphatic rings. The van der Waals surface area contributed by atoms with Crippen LogP contribution in [-0.2, 0) is 0 Å². The van der Waals surface area contributed by atoms with E-state index < -0.39 is 0 Å². The normalized spacial score (nSPS) is 10.5. The first-order valence-electron chi connectivity index (χ1n) is 4.61. The minimum absolute atomic E-state index is 0.359. The third kappa shape index (κ3) is 2.91. The minimum Gasteiger partial charge on any atom is -0.398 e. The SMILES string of the molecule is Nc1cc(F)c(Br)cc1Sc1ncccc1Cl. The quantitative estimate of drug-likeness (QED) is 0.829. The Morgan fingerprint density at radius 1 is 1.41 bits per heavy atom. The maximum Gasteiger partial charge on any atom is 0.139 e. The first kappa shape index (κ1) is 12.7. The number of aromatic nitrogens is 1. The fourth-order valence-electron chi connectivity index (χ4n) is 1.18. The molecule has 1 aromatic heterocycles. The lowest BCUT2D eigenvalue weighted by Crippen LogP contribution is -1.92. The smallest absolute Gasteiger partial charge is 0.139 e. The molecule has 2 N–H and O–H groups in total. The van der Waals surface area contributed by atoms with Crippen molar-refractivity contribution in [2.75, 3.05) is 5.73 Å². The van der Waals surface area contributed by atoms with Crippen LogP contribution >= 0.6 is 39.3 Å². The molecule has 2 nitrogen and oxygen atoms in total. The van der Waals surface area contributed by atoms with Gasteiger partial charge in [0.1, 0.15) is 10.8 Å². The maximum atomic E-state index is 13.2. The average Bonchev–Trinajstić information content (AvgIpc) is 2.29. The monoisotopic (exact) mass is 332 g/mol. The number of benzene rings is 1. The third-order valence-corrected chi connectivity index (χ3v) is 4.10. The summed E-state index contributed by atoms with van der Waals surface area (Å²) in [5, 5.41) is 1.18. The van der Waals surface area contributed by atoms with Crippen LogP contribution in [0.5, 0.6) is 0 Å². The lowest BCUT2D eigenvalue weighted by molar-refractivity contribution is 0.620. The van der Waals surface area contributed by atoms with Gasteiger partial charge >= 0.3 is 0 Å². The highest BCUT2D eigenvalue weighted by Gasteiger charge is 2.10. The highest BCUT2D eigenvalue weighted by Crippen LogP contribution is 2.36. The summed E-state index contributed by atoms with van der Waals surface area (Å²) in [5.74, 6) is -0.390. The number of pyridine rings is 1. The predicted molar refractivity (Wildman–Crippen MR) is 71.9 cm³/mol. The Labute approximate surface area is 116 Å². The molecule has 2 aromatic rings. The number of hydrogen-bond acceptors (Lipinski definition) is 3. The molecule has 0 bridgehead atoms. The first-order chi connectivity index (χ1) is 8.08. The van der Waals surface area contributed by atoms with E-state index >= 15 is 0 Å². The molecule has 88 valence electrons. The van der Waals surface area contributed by atoms with Crippen molar-refractivity contribution in [1.82, 2.24) is 4.98 Å². The second kappa shape index (κ2) is 5.25. The molecule has 1 heterocycles. The van der Waals surface area contributed by atoms with E-state index in [1.165, 1.54) is 17.8 Å². The number of anilines is 1. The topological polar surface area (TPSA) is 38.9 Å². The molecule has 0 radical (unpaired) electrons. The standard InChI is InChI=1S/C11H7BrClFN2S/c12-6-4-10(9(15)5-8(6)14)17-11-7(13)2-1-3-16-11/h1-5H,15H2. The zero-order valence-corrected chi connectivity index (χ0v) is 11.6. The molecule has 6 heteroatoms. The molecule has 0 aliphatic carbocycles. The van der Waals surface area contributed by atoms with Crippen LogP contribution < -0.4 is 5.73 Å². The van der Waals surface area contributed by atoms with Crippen molar-refractivity contribution in [2.24, 2.45) is 0 Å². The van der Waals surface area contributed by atoms with E-state index in [1.54, 1.807) is 24.4 Å². The summed E-state index contributed by atoms with van der Waals surface area (Å²) in [4.78, 5) is 4.84. The van der Waals surface area contributed by atoms with Crippen LogP contribution in [0.3, 0.4) is 0 Å². The Hall–Kier alpha value is -0.780. The summed E-state index contributed by atoms with van der Waals surface area (Å²) >= 11 is 10.4. The zero-order chi connectivity index (χ0) is 12.4. The van der Waals surface area contributed by atoms with Crippen LogP contribution in [0.2, 0.25) is 5.02 Å². The van der Waals surface area contributed by atoms with Gasteiger partial charge in [-0.1, -0.05) is 23.4 Å². The Bertz CT molecular complexity index is 565. The number of hydrogen-bond donors (Lipinski definition) is 1. The van der Waals surface area contributed by atoms with Crippen LogP contribution in [0.15, 0.2) is 44.9 Å². The van der Waals surface area contributed by atoms with E-state index in [0.29, 0.717) is 25.1 Å². The Morgan fingerprint density at radius 2 is 2.18 bits per heavy atom. The van der Waals surface area contributed by atoms with E-state index in [1.807, 2.05) is 0 Å². The van der Waals surface area contributed by atoms with Crippen molar-refractivity contribution < 1.29 is 4.39 Å². The molecule has 0 fully saturated rings. The summed E-state index contributed by atoms with van der Waals surface area (Å²) in [5.41, 5.74) is 6.09. The van der Waals surface area contributed by atoms with E-state index in [4.69, 9.17) is 17.3 Å². The molecule has 0 saturated carbocycles. The lowest BCUT2D eigenvalue weighted by Gasteiger charge is -2.07. The number of nitrogens with two attached hydrogens (primary N) is 1. The van der Waals surface area contributed by atoms with Crippen LogP contribution in [0, 0.1) is 5.82 Å². The third-order valence-electron chi connectivity index (χ3n) is 1.98. The molecule has 0 saturated heterocycles.